The van der Waals surface area contributed by atoms with E-state index in [1.165, 1.54) is 0 Å². The summed E-state index contributed by atoms with van der Waals surface area (Å²) in [7, 11) is 0. The van der Waals surface area contributed by atoms with Crippen LogP contribution in [0.1, 0.15) is 37.0 Å². The van der Waals surface area contributed by atoms with E-state index < -0.39 is 6.04 Å². The Hall–Kier alpha value is -2.53. The molecule has 156 valence electrons. The Balaban J connectivity index is 2.22. The van der Waals surface area contributed by atoms with Crippen molar-refractivity contribution in [3.8, 4) is 5.75 Å². The molecule has 0 unspecified atom stereocenters. The van der Waals surface area contributed by atoms with E-state index in [1.54, 1.807) is 23.1 Å². The number of rotatable bonds is 9. The first kappa shape index (κ1) is 22.8. The largest absolute Gasteiger partial charge is 0.484 e. The third-order valence-corrected chi connectivity index (χ3v) is 5.25. The molecular weight excluding hydrogens is 388 g/mol. The van der Waals surface area contributed by atoms with Gasteiger partial charge in [0.05, 0.1) is 0 Å². The predicted octanol–water partition coefficient (Wildman–Crippen LogP) is 4.28. The highest BCUT2D eigenvalue weighted by Gasteiger charge is 2.29. The van der Waals surface area contributed by atoms with Gasteiger partial charge >= 0.3 is 0 Å². The van der Waals surface area contributed by atoms with Gasteiger partial charge in [0.1, 0.15) is 11.8 Å². The molecule has 6 heteroatoms. The fraction of sp³-hybridized carbons (Fsp3) is 0.391. The summed E-state index contributed by atoms with van der Waals surface area (Å²) in [4.78, 5) is 27.3. The second kappa shape index (κ2) is 10.9. The van der Waals surface area contributed by atoms with Crippen LogP contribution in [0.5, 0.6) is 5.75 Å². The van der Waals surface area contributed by atoms with E-state index in [0.717, 1.165) is 16.7 Å². The highest BCUT2D eigenvalue weighted by Crippen LogP contribution is 2.21. The van der Waals surface area contributed by atoms with E-state index in [0.29, 0.717) is 30.3 Å². The number of amides is 2. The van der Waals surface area contributed by atoms with Crippen molar-refractivity contribution in [3.05, 3.63) is 64.2 Å². The molecule has 1 atom stereocenters. The molecular formula is C23H29ClN2O3. The van der Waals surface area contributed by atoms with Crippen LogP contribution in [0.3, 0.4) is 0 Å². The first-order chi connectivity index (χ1) is 13.9. The third kappa shape index (κ3) is 6.23. The number of hydrogen-bond acceptors (Lipinski definition) is 3. The van der Waals surface area contributed by atoms with Gasteiger partial charge in [-0.25, -0.2) is 0 Å². The summed E-state index contributed by atoms with van der Waals surface area (Å²) in [5.74, 6) is 0.181. The Bertz CT molecular complexity index is 854. The molecule has 0 saturated heterocycles. The lowest BCUT2D eigenvalue weighted by atomic mass is 10.1. The number of nitrogens with one attached hydrogen (secondary N) is 1. The maximum absolute atomic E-state index is 13.1. The van der Waals surface area contributed by atoms with Gasteiger partial charge in [-0.1, -0.05) is 42.8 Å². The normalized spacial score (nSPS) is 11.6. The van der Waals surface area contributed by atoms with E-state index in [-0.39, 0.29) is 18.4 Å². The van der Waals surface area contributed by atoms with E-state index in [9.17, 15) is 9.59 Å². The summed E-state index contributed by atoms with van der Waals surface area (Å²) in [6.07, 6.45) is 0.517. The van der Waals surface area contributed by atoms with Crippen LogP contribution in [0, 0.1) is 13.8 Å². The maximum atomic E-state index is 13.1. The summed E-state index contributed by atoms with van der Waals surface area (Å²) >= 11 is 6.05. The summed E-state index contributed by atoms with van der Waals surface area (Å²) in [6, 6.07) is 12.6. The van der Waals surface area contributed by atoms with Gasteiger partial charge in [-0.2, -0.15) is 0 Å². The Kier molecular flexibility index (Phi) is 8.52. The Morgan fingerprint density at radius 1 is 1.10 bits per heavy atom. The predicted molar refractivity (Wildman–Crippen MR) is 116 cm³/mol. The maximum Gasteiger partial charge on any atom is 0.261 e. The molecule has 0 aliphatic rings. The topological polar surface area (TPSA) is 58.6 Å². The molecule has 0 spiro atoms. The molecule has 2 aromatic rings. The summed E-state index contributed by atoms with van der Waals surface area (Å²) < 4.78 is 5.71. The van der Waals surface area contributed by atoms with Gasteiger partial charge in [-0.05, 0) is 62.1 Å². The van der Waals surface area contributed by atoms with E-state index >= 15 is 0 Å². The van der Waals surface area contributed by atoms with Crippen LogP contribution < -0.4 is 10.1 Å². The molecule has 0 heterocycles. The van der Waals surface area contributed by atoms with Gasteiger partial charge in [0.15, 0.2) is 6.61 Å². The molecule has 0 bridgehead atoms. The quantitative estimate of drug-likeness (QED) is 0.663. The molecule has 2 aromatic carbocycles. The van der Waals surface area contributed by atoms with Gasteiger partial charge in [0.25, 0.3) is 5.91 Å². The number of aryl methyl sites for hydroxylation is 2. The smallest absolute Gasteiger partial charge is 0.261 e. The summed E-state index contributed by atoms with van der Waals surface area (Å²) in [5, 5.41) is 3.48. The van der Waals surface area contributed by atoms with Crippen LogP contribution in [-0.4, -0.2) is 35.9 Å². The van der Waals surface area contributed by atoms with Crippen LogP contribution in [0.15, 0.2) is 42.5 Å². The second-order valence-electron chi connectivity index (χ2n) is 6.97. The minimum absolute atomic E-state index is 0.150. The number of halogens is 1. The lowest BCUT2D eigenvalue weighted by Gasteiger charge is -2.31. The molecule has 5 nitrogen and oxygen atoms in total. The Morgan fingerprint density at radius 2 is 1.83 bits per heavy atom. The van der Waals surface area contributed by atoms with Crippen LogP contribution in [0.4, 0.5) is 0 Å². The number of hydrogen-bond donors (Lipinski definition) is 1. The molecule has 29 heavy (non-hydrogen) atoms. The first-order valence-electron chi connectivity index (χ1n) is 9.88. The highest BCUT2D eigenvalue weighted by atomic mass is 35.5. The zero-order valence-corrected chi connectivity index (χ0v) is 18.3. The summed E-state index contributed by atoms with van der Waals surface area (Å²) in [5.41, 5.74) is 2.96. The van der Waals surface area contributed by atoms with Crippen molar-refractivity contribution >= 4 is 23.4 Å². The molecule has 0 aliphatic carbocycles. The minimum atomic E-state index is -0.558. The number of likely N-dealkylation sites (N-methyl/N-ethyl adjacent to an activating group) is 1. The minimum Gasteiger partial charge on any atom is -0.484 e. The number of benzene rings is 2. The van der Waals surface area contributed by atoms with Crippen LogP contribution in [0.25, 0.3) is 0 Å². The Morgan fingerprint density at radius 3 is 2.45 bits per heavy atom. The fourth-order valence-corrected chi connectivity index (χ4v) is 3.24. The van der Waals surface area contributed by atoms with Crippen LogP contribution in [-0.2, 0) is 16.1 Å². The monoisotopic (exact) mass is 416 g/mol. The fourth-order valence-electron chi connectivity index (χ4n) is 3.12. The van der Waals surface area contributed by atoms with Gasteiger partial charge in [0.2, 0.25) is 5.91 Å². The van der Waals surface area contributed by atoms with Gasteiger partial charge in [-0.15, -0.1) is 0 Å². The zero-order chi connectivity index (χ0) is 21.4. The van der Waals surface area contributed by atoms with Crippen molar-refractivity contribution in [2.45, 2.75) is 46.7 Å². The first-order valence-corrected chi connectivity index (χ1v) is 10.3. The number of ether oxygens (including phenoxy) is 1. The van der Waals surface area contributed by atoms with E-state index in [2.05, 4.69) is 5.32 Å². The lowest BCUT2D eigenvalue weighted by molar-refractivity contribution is -0.142. The molecule has 2 amide bonds. The molecule has 0 aromatic heterocycles. The van der Waals surface area contributed by atoms with Gasteiger partial charge in [0, 0.05) is 18.1 Å². The van der Waals surface area contributed by atoms with Crippen LogP contribution in [0.2, 0.25) is 5.02 Å². The molecule has 0 fully saturated rings. The average molecular weight is 417 g/mol. The molecule has 0 aliphatic heterocycles. The van der Waals surface area contributed by atoms with Crippen molar-refractivity contribution in [1.29, 1.82) is 0 Å². The van der Waals surface area contributed by atoms with Crippen LogP contribution >= 0.6 is 11.6 Å². The van der Waals surface area contributed by atoms with Crippen molar-refractivity contribution in [2.24, 2.45) is 0 Å². The molecule has 0 saturated carbocycles. The second-order valence-corrected chi connectivity index (χ2v) is 7.37. The van der Waals surface area contributed by atoms with Crippen molar-refractivity contribution in [1.82, 2.24) is 10.2 Å². The standard InChI is InChI=1S/C23H29ClN2O3/c1-5-21(23(28)25-6-2)26(14-18-10-8-7-9-16(18)3)22(27)15-29-19-11-12-20(24)17(4)13-19/h7-13,21H,5-6,14-15H2,1-4H3,(H,25,28)/t21-/m1/s1. The number of nitrogens with zero attached hydrogens (tertiary/aromatic N) is 1. The van der Waals surface area contributed by atoms with Crippen molar-refractivity contribution in [2.75, 3.05) is 13.2 Å². The van der Waals surface area contributed by atoms with E-state index in [4.69, 9.17) is 16.3 Å². The molecule has 2 rings (SSSR count). The van der Waals surface area contributed by atoms with E-state index in [1.807, 2.05) is 52.0 Å². The SMILES string of the molecule is CCNC(=O)[C@@H](CC)N(Cc1ccccc1C)C(=O)COc1ccc(Cl)c(C)c1. The zero-order valence-electron chi connectivity index (χ0n) is 17.5. The lowest BCUT2D eigenvalue weighted by Crippen LogP contribution is -2.50. The third-order valence-electron chi connectivity index (χ3n) is 4.83. The summed E-state index contributed by atoms with van der Waals surface area (Å²) in [6.45, 7) is 8.36. The highest BCUT2D eigenvalue weighted by molar-refractivity contribution is 6.31. The average Bonchev–Trinajstić information content (AvgIpc) is 2.70. The van der Waals surface area contributed by atoms with Gasteiger partial charge in [-0.3, -0.25) is 9.59 Å². The molecule has 0 radical (unpaired) electrons. The number of carbonyl (C=O) groups excluding carboxylic acids is 2. The van der Waals surface area contributed by atoms with Crippen molar-refractivity contribution in [3.63, 3.8) is 0 Å². The van der Waals surface area contributed by atoms with Crippen molar-refractivity contribution < 1.29 is 14.3 Å². The molecule has 1 N–H and O–H groups in total. The Labute approximate surface area is 178 Å². The number of carbonyl (C=O) groups is 2. The van der Waals surface area contributed by atoms with Gasteiger partial charge < -0.3 is 15.0 Å².